The molecule has 0 amide bonds. The Morgan fingerprint density at radius 1 is 1.21 bits per heavy atom. The van der Waals surface area contributed by atoms with Gasteiger partial charge in [0.2, 0.25) is 0 Å². The lowest BCUT2D eigenvalue weighted by molar-refractivity contribution is 0.315. The molecule has 1 aromatic carbocycles. The molecule has 2 aromatic rings. The lowest BCUT2D eigenvalue weighted by Gasteiger charge is -2.22. The van der Waals surface area contributed by atoms with Gasteiger partial charge in [-0.3, -0.25) is 9.88 Å². The van der Waals surface area contributed by atoms with Crippen LogP contribution in [-0.4, -0.2) is 23.5 Å². The van der Waals surface area contributed by atoms with Crippen LogP contribution >= 0.6 is 0 Å². The highest BCUT2D eigenvalue weighted by atomic mass is 15.1. The van der Waals surface area contributed by atoms with Crippen LogP contribution in [0.15, 0.2) is 48.8 Å². The Morgan fingerprint density at radius 3 is 2.79 bits per heavy atom. The van der Waals surface area contributed by atoms with Crippen molar-refractivity contribution in [2.45, 2.75) is 25.3 Å². The Bertz CT molecular complexity index is 536. The smallest absolute Gasteiger partial charge is 0.0363 e. The van der Waals surface area contributed by atoms with E-state index in [4.69, 9.17) is 0 Å². The zero-order valence-electron chi connectivity index (χ0n) is 11.4. The third-order valence-corrected chi connectivity index (χ3v) is 4.06. The minimum absolute atomic E-state index is 0.549. The normalized spacial score (nSPS) is 19.7. The molecule has 1 saturated heterocycles. The van der Waals surface area contributed by atoms with Gasteiger partial charge in [-0.25, -0.2) is 0 Å². The van der Waals surface area contributed by atoms with E-state index in [-0.39, 0.29) is 0 Å². The van der Waals surface area contributed by atoms with Gasteiger partial charge in [-0.1, -0.05) is 30.3 Å². The topological polar surface area (TPSA) is 16.1 Å². The predicted molar refractivity (Wildman–Crippen MR) is 78.1 cm³/mol. The van der Waals surface area contributed by atoms with Crippen molar-refractivity contribution in [1.82, 2.24) is 9.88 Å². The Hall–Kier alpha value is -1.67. The largest absolute Gasteiger partial charge is 0.299 e. The number of hydrogen-bond acceptors (Lipinski definition) is 2. The molecule has 2 nitrogen and oxygen atoms in total. The third-order valence-electron chi connectivity index (χ3n) is 4.06. The summed E-state index contributed by atoms with van der Waals surface area (Å²) >= 11 is 0. The van der Waals surface area contributed by atoms with Crippen LogP contribution in [0.5, 0.6) is 0 Å². The first-order valence-electron chi connectivity index (χ1n) is 7.01. The van der Waals surface area contributed by atoms with Crippen molar-refractivity contribution >= 4 is 0 Å². The van der Waals surface area contributed by atoms with E-state index in [2.05, 4.69) is 59.5 Å². The lowest BCUT2D eigenvalue weighted by Crippen LogP contribution is -2.19. The molecule has 0 bridgehead atoms. The first-order chi connectivity index (χ1) is 9.34. The molecule has 0 saturated carbocycles. The van der Waals surface area contributed by atoms with Crippen molar-refractivity contribution < 1.29 is 0 Å². The molecule has 1 fully saturated rings. The Kier molecular flexibility index (Phi) is 3.60. The molecular formula is C17H20N2. The van der Waals surface area contributed by atoms with Crippen LogP contribution in [0.4, 0.5) is 0 Å². The second-order valence-electron chi connectivity index (χ2n) is 5.38. The lowest BCUT2D eigenvalue weighted by atomic mass is 9.96. The second kappa shape index (κ2) is 5.54. The van der Waals surface area contributed by atoms with Crippen molar-refractivity contribution in [3.05, 3.63) is 65.5 Å². The van der Waals surface area contributed by atoms with Crippen molar-refractivity contribution in [2.75, 3.05) is 13.6 Å². The number of likely N-dealkylation sites (tertiary alicyclic amines) is 1. The number of aromatic nitrogens is 1. The average molecular weight is 252 g/mol. The molecule has 19 heavy (non-hydrogen) atoms. The van der Waals surface area contributed by atoms with Crippen LogP contribution in [0.3, 0.4) is 0 Å². The van der Waals surface area contributed by atoms with Gasteiger partial charge in [-0.2, -0.15) is 0 Å². The quantitative estimate of drug-likeness (QED) is 0.832. The summed E-state index contributed by atoms with van der Waals surface area (Å²) in [4.78, 5) is 6.79. The number of rotatable bonds is 3. The van der Waals surface area contributed by atoms with Crippen molar-refractivity contribution in [2.24, 2.45) is 0 Å². The molecule has 0 aliphatic carbocycles. The maximum absolute atomic E-state index is 4.34. The van der Waals surface area contributed by atoms with Crippen molar-refractivity contribution in [3.63, 3.8) is 0 Å². The summed E-state index contributed by atoms with van der Waals surface area (Å²) in [5.41, 5.74) is 4.20. The SMILES string of the molecule is CN1CCC[C@H]1c1cnccc1Cc1ccccc1. The molecular weight excluding hydrogens is 232 g/mol. The monoisotopic (exact) mass is 252 g/mol. The van der Waals surface area contributed by atoms with Gasteiger partial charge in [-0.15, -0.1) is 0 Å². The first kappa shape index (κ1) is 12.4. The molecule has 1 atom stereocenters. The van der Waals surface area contributed by atoms with E-state index in [1.807, 2.05) is 6.20 Å². The predicted octanol–water partition coefficient (Wildman–Crippen LogP) is 3.44. The highest BCUT2D eigenvalue weighted by Gasteiger charge is 2.24. The van der Waals surface area contributed by atoms with Gasteiger partial charge in [0.15, 0.2) is 0 Å². The molecule has 3 rings (SSSR count). The zero-order chi connectivity index (χ0) is 13.1. The van der Waals surface area contributed by atoms with Crippen LogP contribution in [0.2, 0.25) is 0 Å². The number of pyridine rings is 1. The van der Waals surface area contributed by atoms with E-state index in [9.17, 15) is 0 Å². The van der Waals surface area contributed by atoms with Gasteiger partial charge < -0.3 is 0 Å². The van der Waals surface area contributed by atoms with Gasteiger partial charge >= 0.3 is 0 Å². The summed E-state index contributed by atoms with van der Waals surface area (Å²) in [7, 11) is 2.22. The molecule has 2 heterocycles. The molecule has 0 spiro atoms. The van der Waals surface area contributed by atoms with Crippen LogP contribution in [-0.2, 0) is 6.42 Å². The van der Waals surface area contributed by atoms with Gasteiger partial charge in [0, 0.05) is 18.4 Å². The van der Waals surface area contributed by atoms with Crippen LogP contribution in [0, 0.1) is 0 Å². The van der Waals surface area contributed by atoms with Gasteiger partial charge in [-0.05, 0) is 55.6 Å². The number of nitrogens with zero attached hydrogens (tertiary/aromatic N) is 2. The Labute approximate surface area is 115 Å². The first-order valence-corrected chi connectivity index (χ1v) is 7.01. The van der Waals surface area contributed by atoms with E-state index < -0.39 is 0 Å². The molecule has 1 aliphatic rings. The summed E-state index contributed by atoms with van der Waals surface area (Å²) in [5.74, 6) is 0. The summed E-state index contributed by atoms with van der Waals surface area (Å²) in [6.45, 7) is 1.20. The fourth-order valence-electron chi connectivity index (χ4n) is 3.02. The Balaban J connectivity index is 1.89. The second-order valence-corrected chi connectivity index (χ2v) is 5.38. The zero-order valence-corrected chi connectivity index (χ0v) is 11.4. The summed E-state index contributed by atoms with van der Waals surface area (Å²) in [6.07, 6.45) is 7.52. The van der Waals surface area contributed by atoms with Crippen molar-refractivity contribution in [3.8, 4) is 0 Å². The Morgan fingerprint density at radius 2 is 2.05 bits per heavy atom. The van der Waals surface area contributed by atoms with Crippen LogP contribution < -0.4 is 0 Å². The maximum atomic E-state index is 4.34. The van der Waals surface area contributed by atoms with Crippen molar-refractivity contribution in [1.29, 1.82) is 0 Å². The summed E-state index contributed by atoms with van der Waals surface area (Å²) in [5, 5.41) is 0. The molecule has 0 N–H and O–H groups in total. The molecule has 1 aromatic heterocycles. The van der Waals surface area contributed by atoms with Gasteiger partial charge in [0.05, 0.1) is 0 Å². The van der Waals surface area contributed by atoms with E-state index in [1.165, 1.54) is 36.1 Å². The average Bonchev–Trinajstić information content (AvgIpc) is 2.87. The molecule has 2 heteroatoms. The van der Waals surface area contributed by atoms with E-state index in [1.54, 1.807) is 0 Å². The van der Waals surface area contributed by atoms with E-state index in [0.29, 0.717) is 6.04 Å². The molecule has 0 radical (unpaired) electrons. The van der Waals surface area contributed by atoms with E-state index >= 15 is 0 Å². The van der Waals surface area contributed by atoms with Crippen LogP contribution in [0.1, 0.15) is 35.6 Å². The number of benzene rings is 1. The van der Waals surface area contributed by atoms with Gasteiger partial charge in [0.25, 0.3) is 0 Å². The summed E-state index contributed by atoms with van der Waals surface area (Å²) in [6, 6.07) is 13.4. The summed E-state index contributed by atoms with van der Waals surface area (Å²) < 4.78 is 0. The number of hydrogen-bond donors (Lipinski definition) is 0. The fourth-order valence-corrected chi connectivity index (χ4v) is 3.02. The fraction of sp³-hybridized carbons (Fsp3) is 0.353. The minimum atomic E-state index is 0.549. The molecule has 0 unspecified atom stereocenters. The minimum Gasteiger partial charge on any atom is -0.299 e. The highest BCUT2D eigenvalue weighted by Crippen LogP contribution is 2.32. The molecule has 1 aliphatic heterocycles. The van der Waals surface area contributed by atoms with Gasteiger partial charge in [0.1, 0.15) is 0 Å². The molecule has 98 valence electrons. The highest BCUT2D eigenvalue weighted by molar-refractivity contribution is 5.33. The maximum Gasteiger partial charge on any atom is 0.0363 e. The third kappa shape index (κ3) is 2.69. The van der Waals surface area contributed by atoms with E-state index in [0.717, 1.165) is 6.42 Å². The standard InChI is InChI=1S/C17H20N2/c1-19-11-5-8-17(19)16-13-18-10-9-15(16)12-14-6-3-2-4-7-14/h2-4,6-7,9-10,13,17H,5,8,11-12H2,1H3/t17-/m0/s1. The van der Waals surface area contributed by atoms with Crippen LogP contribution in [0.25, 0.3) is 0 Å².